The minimum Gasteiger partial charge on any atom is -0.504 e. The van der Waals surface area contributed by atoms with Crippen LogP contribution in [0.15, 0.2) is 11.8 Å². The number of hydrogen-bond donors (Lipinski definition) is 0. The van der Waals surface area contributed by atoms with E-state index in [1.807, 2.05) is 0 Å². The predicted octanol–water partition coefficient (Wildman–Crippen LogP) is 2.10. The highest BCUT2D eigenvalue weighted by Gasteiger charge is 2.30. The van der Waals surface area contributed by atoms with Crippen molar-refractivity contribution < 1.29 is 17.9 Å². The molecule has 0 aromatic rings. The molecule has 0 bridgehead atoms. The molecule has 0 saturated carbocycles. The summed E-state index contributed by atoms with van der Waals surface area (Å²) in [7, 11) is 1.18. The lowest BCUT2D eigenvalue weighted by molar-refractivity contribution is -0.0932. The molecular weight excluding hydrogens is 133 g/mol. The molecule has 0 radical (unpaired) electrons. The van der Waals surface area contributed by atoms with Crippen LogP contribution in [-0.2, 0) is 4.74 Å². The Bertz CT molecular complexity index is 114. The van der Waals surface area contributed by atoms with Crippen molar-refractivity contribution >= 4 is 0 Å². The Balaban J connectivity index is 4.03. The summed E-state index contributed by atoms with van der Waals surface area (Å²) in [6, 6.07) is 0. The van der Waals surface area contributed by atoms with Crippen LogP contribution in [0.2, 0.25) is 0 Å². The molecule has 0 atom stereocenters. The molecule has 4 heteroatoms. The Morgan fingerprint density at radius 2 is 1.89 bits per heavy atom. The highest BCUT2D eigenvalue weighted by Crippen LogP contribution is 2.24. The Hall–Kier alpha value is -0.670. The van der Waals surface area contributed by atoms with E-state index in [1.165, 1.54) is 7.11 Å². The van der Waals surface area contributed by atoms with Gasteiger partial charge in [-0.1, -0.05) is 0 Å². The molecule has 0 N–H and O–H groups in total. The number of rotatable bonds is 1. The molecule has 0 aliphatic carbocycles. The number of methoxy groups -OCH3 is 1. The molecule has 0 aromatic heterocycles. The van der Waals surface area contributed by atoms with Crippen LogP contribution >= 0.6 is 0 Å². The van der Waals surface area contributed by atoms with Crippen molar-refractivity contribution in [2.45, 2.75) is 13.1 Å². The van der Waals surface area contributed by atoms with Crippen LogP contribution in [-0.4, -0.2) is 13.3 Å². The first kappa shape index (κ1) is 8.33. The van der Waals surface area contributed by atoms with Gasteiger partial charge in [0, 0.05) is 0 Å². The largest absolute Gasteiger partial charge is 0.504 e. The number of allylic oxidation sites excluding steroid dienone is 1. The van der Waals surface area contributed by atoms with Crippen LogP contribution in [0.4, 0.5) is 13.2 Å². The van der Waals surface area contributed by atoms with Gasteiger partial charge in [0.25, 0.3) is 0 Å². The third-order valence-electron chi connectivity index (χ3n) is 0.742. The van der Waals surface area contributed by atoms with Gasteiger partial charge in [0.2, 0.25) is 0 Å². The molecule has 0 amide bonds. The van der Waals surface area contributed by atoms with Gasteiger partial charge in [-0.3, -0.25) is 0 Å². The zero-order valence-electron chi connectivity index (χ0n) is 5.12. The smallest absolute Gasteiger partial charge is 0.415 e. The second kappa shape index (κ2) is 2.75. The van der Waals surface area contributed by atoms with Gasteiger partial charge in [0.15, 0.2) is 0 Å². The average molecular weight is 140 g/mol. The summed E-state index contributed by atoms with van der Waals surface area (Å²) in [4.78, 5) is 0. The predicted molar refractivity (Wildman–Crippen MR) is 26.8 cm³/mol. The van der Waals surface area contributed by atoms with E-state index >= 15 is 0 Å². The second-order valence-electron chi connectivity index (χ2n) is 1.53. The van der Waals surface area contributed by atoms with Crippen LogP contribution in [0.1, 0.15) is 6.92 Å². The van der Waals surface area contributed by atoms with E-state index in [-0.39, 0.29) is 0 Å². The number of hydrogen-bond acceptors (Lipinski definition) is 1. The van der Waals surface area contributed by atoms with Gasteiger partial charge in [-0.05, 0) is 6.92 Å². The summed E-state index contributed by atoms with van der Waals surface area (Å²) in [6.07, 6.45) is -3.59. The van der Waals surface area contributed by atoms with Gasteiger partial charge in [-0.2, -0.15) is 13.2 Å². The summed E-state index contributed by atoms with van der Waals surface area (Å²) in [5, 5.41) is 0. The molecule has 9 heavy (non-hydrogen) atoms. The monoisotopic (exact) mass is 140 g/mol. The number of alkyl halides is 3. The molecule has 0 aliphatic rings. The van der Waals surface area contributed by atoms with Crippen LogP contribution in [0.5, 0.6) is 0 Å². The Labute approximate surface area is 51.1 Å². The number of ether oxygens (including phenoxy) is 1. The van der Waals surface area contributed by atoms with Gasteiger partial charge in [0.1, 0.15) is 0 Å². The summed E-state index contributed by atoms with van der Waals surface area (Å²) in [6.45, 7) is 0.948. The highest BCUT2D eigenvalue weighted by atomic mass is 19.4. The molecule has 0 aliphatic heterocycles. The topological polar surface area (TPSA) is 9.23 Å². The van der Waals surface area contributed by atoms with Crippen molar-refractivity contribution in [2.75, 3.05) is 7.11 Å². The standard InChI is InChI=1S/C5H7F3O/c1-4(3-9-2)5(6,7)8/h3H,1-2H3/b4-3+. The SMILES string of the molecule is CO/C=C(\C)C(F)(F)F. The Kier molecular flexibility index (Phi) is 2.55. The molecule has 0 spiro atoms. The first-order valence-corrected chi connectivity index (χ1v) is 2.25. The number of halogens is 3. The first-order chi connectivity index (χ1) is 3.98. The van der Waals surface area contributed by atoms with Crippen molar-refractivity contribution in [3.05, 3.63) is 11.8 Å². The lowest BCUT2D eigenvalue weighted by atomic mass is 10.3. The molecule has 0 saturated heterocycles. The first-order valence-electron chi connectivity index (χ1n) is 2.25. The van der Waals surface area contributed by atoms with E-state index in [9.17, 15) is 13.2 Å². The van der Waals surface area contributed by atoms with Crippen LogP contribution in [0.3, 0.4) is 0 Å². The third-order valence-corrected chi connectivity index (χ3v) is 0.742. The van der Waals surface area contributed by atoms with Crippen molar-refractivity contribution in [1.29, 1.82) is 0 Å². The van der Waals surface area contributed by atoms with E-state index < -0.39 is 11.7 Å². The van der Waals surface area contributed by atoms with Crippen molar-refractivity contribution in [1.82, 2.24) is 0 Å². The van der Waals surface area contributed by atoms with E-state index in [0.29, 0.717) is 6.26 Å². The van der Waals surface area contributed by atoms with Crippen LogP contribution in [0.25, 0.3) is 0 Å². The molecule has 0 aromatic carbocycles. The zero-order valence-corrected chi connectivity index (χ0v) is 5.12. The zero-order chi connectivity index (χ0) is 7.49. The van der Waals surface area contributed by atoms with E-state index in [2.05, 4.69) is 4.74 Å². The maximum absolute atomic E-state index is 11.5. The Morgan fingerprint density at radius 1 is 1.44 bits per heavy atom. The Morgan fingerprint density at radius 3 is 2.00 bits per heavy atom. The maximum Gasteiger partial charge on any atom is 0.415 e. The highest BCUT2D eigenvalue weighted by molar-refractivity contribution is 5.00. The van der Waals surface area contributed by atoms with E-state index in [4.69, 9.17) is 0 Å². The minimum absolute atomic E-state index is 0.667. The molecule has 0 rings (SSSR count). The summed E-state index contributed by atoms with van der Waals surface area (Å²) in [5.74, 6) is 0. The lowest BCUT2D eigenvalue weighted by Gasteiger charge is -2.04. The summed E-state index contributed by atoms with van der Waals surface area (Å²) >= 11 is 0. The lowest BCUT2D eigenvalue weighted by Crippen LogP contribution is -2.08. The molecular formula is C5H7F3O. The molecule has 0 unspecified atom stereocenters. The molecule has 0 fully saturated rings. The molecule has 1 nitrogen and oxygen atoms in total. The minimum atomic E-state index is -4.25. The van der Waals surface area contributed by atoms with Crippen LogP contribution < -0.4 is 0 Å². The normalized spacial score (nSPS) is 13.7. The second-order valence-corrected chi connectivity index (χ2v) is 1.53. The van der Waals surface area contributed by atoms with Crippen molar-refractivity contribution in [3.63, 3.8) is 0 Å². The fraction of sp³-hybridized carbons (Fsp3) is 0.600. The molecule has 0 heterocycles. The molecule has 54 valence electrons. The summed E-state index contributed by atoms with van der Waals surface area (Å²) < 4.78 is 38.6. The van der Waals surface area contributed by atoms with Crippen molar-refractivity contribution in [3.8, 4) is 0 Å². The van der Waals surface area contributed by atoms with Gasteiger partial charge in [-0.15, -0.1) is 0 Å². The van der Waals surface area contributed by atoms with Gasteiger partial charge in [0.05, 0.1) is 18.9 Å². The fourth-order valence-electron chi connectivity index (χ4n) is 0.244. The average Bonchev–Trinajstić information content (AvgIpc) is 1.64. The van der Waals surface area contributed by atoms with E-state index in [1.54, 1.807) is 0 Å². The van der Waals surface area contributed by atoms with Gasteiger partial charge >= 0.3 is 6.18 Å². The van der Waals surface area contributed by atoms with E-state index in [0.717, 1.165) is 6.92 Å². The van der Waals surface area contributed by atoms with Crippen molar-refractivity contribution in [2.24, 2.45) is 0 Å². The van der Waals surface area contributed by atoms with Crippen LogP contribution in [0, 0.1) is 0 Å². The third kappa shape index (κ3) is 3.00. The summed E-state index contributed by atoms with van der Waals surface area (Å²) in [5.41, 5.74) is -0.731. The maximum atomic E-state index is 11.5. The fourth-order valence-corrected chi connectivity index (χ4v) is 0.244. The quantitative estimate of drug-likeness (QED) is 0.507. The van der Waals surface area contributed by atoms with Gasteiger partial charge in [-0.25, -0.2) is 0 Å². The van der Waals surface area contributed by atoms with Gasteiger partial charge < -0.3 is 4.74 Å².